The Kier molecular flexibility index (Phi) is 5.60. The van der Waals surface area contributed by atoms with Crippen LogP contribution >= 0.6 is 0 Å². The molecule has 1 fully saturated rings. The minimum atomic E-state index is -0.334. The minimum Gasteiger partial charge on any atom is -0.324 e. The molecule has 4 aromatic rings. The van der Waals surface area contributed by atoms with E-state index in [1.54, 1.807) is 36.7 Å². The maximum absolute atomic E-state index is 13.5. The molecule has 0 bridgehead atoms. The maximum atomic E-state index is 13.5. The van der Waals surface area contributed by atoms with Crippen molar-refractivity contribution < 1.29 is 8.78 Å². The topological polar surface area (TPSA) is 67.7 Å². The van der Waals surface area contributed by atoms with Crippen molar-refractivity contribution in [2.24, 2.45) is 0 Å². The SMILES string of the molecule is Fc1ccc(-c2ncc(-c3ccnc(Nc4cccc(F)c4)n3)n2C2CCNCC2)cc1. The Morgan fingerprint density at radius 2 is 1.75 bits per heavy atom. The molecule has 5 rings (SSSR count). The quantitative estimate of drug-likeness (QED) is 0.467. The molecule has 0 aliphatic carbocycles. The molecule has 2 aromatic heterocycles. The molecule has 0 saturated carbocycles. The van der Waals surface area contributed by atoms with Crippen LogP contribution in [0.2, 0.25) is 0 Å². The van der Waals surface area contributed by atoms with E-state index in [0.29, 0.717) is 17.3 Å². The summed E-state index contributed by atoms with van der Waals surface area (Å²) < 4.78 is 29.2. The highest BCUT2D eigenvalue weighted by Gasteiger charge is 2.23. The lowest BCUT2D eigenvalue weighted by molar-refractivity contribution is 0.373. The van der Waals surface area contributed by atoms with Crippen LogP contribution in [0, 0.1) is 11.6 Å². The molecule has 3 heterocycles. The van der Waals surface area contributed by atoms with Gasteiger partial charge in [0.05, 0.1) is 17.6 Å². The highest BCUT2D eigenvalue weighted by Crippen LogP contribution is 2.33. The Morgan fingerprint density at radius 3 is 2.53 bits per heavy atom. The highest BCUT2D eigenvalue weighted by molar-refractivity contribution is 5.65. The van der Waals surface area contributed by atoms with Gasteiger partial charge in [-0.05, 0) is 74.5 Å². The van der Waals surface area contributed by atoms with Gasteiger partial charge in [0, 0.05) is 23.5 Å². The molecule has 162 valence electrons. The lowest BCUT2D eigenvalue weighted by Crippen LogP contribution is -2.30. The summed E-state index contributed by atoms with van der Waals surface area (Å²) in [7, 11) is 0. The van der Waals surface area contributed by atoms with Gasteiger partial charge in [-0.15, -0.1) is 0 Å². The monoisotopic (exact) mass is 432 g/mol. The predicted molar refractivity (Wildman–Crippen MR) is 119 cm³/mol. The number of hydrogen-bond donors (Lipinski definition) is 2. The molecule has 0 radical (unpaired) electrons. The number of rotatable bonds is 5. The third-order valence-corrected chi connectivity index (χ3v) is 5.57. The van der Waals surface area contributed by atoms with Gasteiger partial charge in [0.15, 0.2) is 0 Å². The van der Waals surface area contributed by atoms with Gasteiger partial charge in [-0.3, -0.25) is 0 Å². The first-order chi connectivity index (χ1) is 15.7. The van der Waals surface area contributed by atoms with Crippen LogP contribution in [0.4, 0.5) is 20.4 Å². The molecule has 0 spiro atoms. The molecule has 8 heteroatoms. The van der Waals surface area contributed by atoms with Crippen LogP contribution in [0.15, 0.2) is 67.0 Å². The van der Waals surface area contributed by atoms with Gasteiger partial charge in [0.2, 0.25) is 5.95 Å². The number of anilines is 2. The van der Waals surface area contributed by atoms with Gasteiger partial charge in [0.1, 0.15) is 17.5 Å². The maximum Gasteiger partial charge on any atom is 0.227 e. The standard InChI is InChI=1S/C24H22F2N6/c25-17-6-4-16(5-7-17)23-29-15-22(32(23)20-8-11-27-12-9-20)21-10-13-28-24(31-21)30-19-3-1-2-18(26)14-19/h1-7,10,13-15,20,27H,8-9,11-12H2,(H,28,30,31). The summed E-state index contributed by atoms with van der Waals surface area (Å²) in [5.74, 6) is 0.538. The summed E-state index contributed by atoms with van der Waals surface area (Å²) in [4.78, 5) is 13.6. The highest BCUT2D eigenvalue weighted by atomic mass is 19.1. The van der Waals surface area contributed by atoms with E-state index in [2.05, 4.69) is 30.2 Å². The van der Waals surface area contributed by atoms with Crippen molar-refractivity contribution in [3.8, 4) is 22.8 Å². The summed E-state index contributed by atoms with van der Waals surface area (Å²) >= 11 is 0. The van der Waals surface area contributed by atoms with Crippen LogP contribution in [-0.4, -0.2) is 32.6 Å². The summed E-state index contributed by atoms with van der Waals surface area (Å²) in [5.41, 5.74) is 2.99. The number of halogens is 2. The molecule has 2 aromatic carbocycles. The van der Waals surface area contributed by atoms with Gasteiger partial charge >= 0.3 is 0 Å². The molecule has 1 aliphatic heterocycles. The summed E-state index contributed by atoms with van der Waals surface area (Å²) in [5, 5.41) is 6.45. The lowest BCUT2D eigenvalue weighted by Gasteiger charge is -2.27. The van der Waals surface area contributed by atoms with Gasteiger partial charge in [-0.2, -0.15) is 0 Å². The molecule has 2 N–H and O–H groups in total. The van der Waals surface area contributed by atoms with Crippen LogP contribution in [0.25, 0.3) is 22.8 Å². The number of nitrogens with one attached hydrogen (secondary N) is 2. The molecule has 32 heavy (non-hydrogen) atoms. The van der Waals surface area contributed by atoms with Crippen molar-refractivity contribution in [1.82, 2.24) is 24.8 Å². The molecule has 1 aliphatic rings. The minimum absolute atomic E-state index is 0.239. The first-order valence-electron chi connectivity index (χ1n) is 10.6. The van der Waals surface area contributed by atoms with Crippen molar-refractivity contribution in [1.29, 1.82) is 0 Å². The fourth-order valence-corrected chi connectivity index (χ4v) is 4.05. The average Bonchev–Trinajstić information content (AvgIpc) is 3.26. The Hall–Kier alpha value is -3.65. The molecular formula is C24H22F2N6. The fourth-order valence-electron chi connectivity index (χ4n) is 4.05. The number of imidazole rings is 1. The number of aromatic nitrogens is 4. The van der Waals surface area contributed by atoms with E-state index in [9.17, 15) is 8.78 Å². The molecule has 0 unspecified atom stereocenters. The number of benzene rings is 2. The van der Waals surface area contributed by atoms with Gasteiger partial charge in [0.25, 0.3) is 0 Å². The average molecular weight is 432 g/mol. The third-order valence-electron chi connectivity index (χ3n) is 5.57. The normalized spacial score (nSPS) is 14.4. The second-order valence-corrected chi connectivity index (χ2v) is 7.73. The zero-order chi connectivity index (χ0) is 21.9. The Bertz CT molecular complexity index is 1220. The first kappa shape index (κ1) is 20.3. The summed E-state index contributed by atoms with van der Waals surface area (Å²) in [6.45, 7) is 1.84. The zero-order valence-corrected chi connectivity index (χ0v) is 17.3. The predicted octanol–water partition coefficient (Wildman–Crippen LogP) is 4.95. The van der Waals surface area contributed by atoms with Crippen LogP contribution in [0.3, 0.4) is 0 Å². The molecular weight excluding hydrogens is 410 g/mol. The van der Waals surface area contributed by atoms with E-state index in [-0.39, 0.29) is 17.7 Å². The first-order valence-corrected chi connectivity index (χ1v) is 10.6. The van der Waals surface area contributed by atoms with Crippen LogP contribution in [0.5, 0.6) is 0 Å². The summed E-state index contributed by atoms with van der Waals surface area (Å²) in [6.07, 6.45) is 5.38. The van der Waals surface area contributed by atoms with Gasteiger partial charge in [-0.1, -0.05) is 6.07 Å². The Morgan fingerprint density at radius 1 is 0.938 bits per heavy atom. The van der Waals surface area contributed by atoms with E-state index in [1.165, 1.54) is 24.3 Å². The second kappa shape index (κ2) is 8.84. The van der Waals surface area contributed by atoms with Crippen molar-refractivity contribution in [3.05, 3.63) is 78.6 Å². The fraction of sp³-hybridized carbons (Fsp3) is 0.208. The van der Waals surface area contributed by atoms with Crippen LogP contribution in [0.1, 0.15) is 18.9 Å². The van der Waals surface area contributed by atoms with Gasteiger partial charge < -0.3 is 15.2 Å². The molecule has 1 saturated heterocycles. The van der Waals surface area contributed by atoms with Crippen molar-refractivity contribution in [3.63, 3.8) is 0 Å². The second-order valence-electron chi connectivity index (χ2n) is 7.73. The number of hydrogen-bond acceptors (Lipinski definition) is 5. The van der Waals surface area contributed by atoms with Crippen LogP contribution < -0.4 is 10.6 Å². The van der Waals surface area contributed by atoms with Crippen molar-refractivity contribution >= 4 is 11.6 Å². The van der Waals surface area contributed by atoms with Crippen molar-refractivity contribution in [2.75, 3.05) is 18.4 Å². The zero-order valence-electron chi connectivity index (χ0n) is 17.3. The largest absolute Gasteiger partial charge is 0.324 e. The summed E-state index contributed by atoms with van der Waals surface area (Å²) in [6, 6.07) is 14.6. The Labute approximate surface area is 184 Å². The number of piperidine rings is 1. The van der Waals surface area contributed by atoms with E-state index < -0.39 is 0 Å². The smallest absolute Gasteiger partial charge is 0.227 e. The van der Waals surface area contributed by atoms with Crippen molar-refractivity contribution in [2.45, 2.75) is 18.9 Å². The van der Waals surface area contributed by atoms with Gasteiger partial charge in [-0.25, -0.2) is 23.7 Å². The molecule has 0 amide bonds. The Balaban J connectivity index is 1.55. The molecule has 6 nitrogen and oxygen atoms in total. The molecule has 0 atom stereocenters. The lowest BCUT2D eigenvalue weighted by atomic mass is 10.0. The van der Waals surface area contributed by atoms with E-state index in [4.69, 9.17) is 0 Å². The third kappa shape index (κ3) is 4.22. The number of nitrogens with zero attached hydrogens (tertiary/aromatic N) is 4. The van der Waals surface area contributed by atoms with Crippen LogP contribution in [-0.2, 0) is 0 Å². The van der Waals surface area contributed by atoms with E-state index >= 15 is 0 Å². The van der Waals surface area contributed by atoms with E-state index in [1.807, 2.05) is 6.07 Å². The van der Waals surface area contributed by atoms with E-state index in [0.717, 1.165) is 43.0 Å².